The fraction of sp³-hybridized carbons (Fsp3) is 0.250. The van der Waals surface area contributed by atoms with E-state index in [1.165, 1.54) is 0 Å². The molecule has 1 aromatic carbocycles. The van der Waals surface area contributed by atoms with E-state index in [4.69, 9.17) is 4.74 Å². The first-order chi connectivity index (χ1) is 7.24. The zero-order valence-corrected chi connectivity index (χ0v) is 8.86. The molecule has 2 aromatic rings. The first kappa shape index (κ1) is 9.93. The number of fused-ring (bicyclic) bond motifs is 1. The molecule has 0 aliphatic carbocycles. The second-order valence-corrected chi connectivity index (χ2v) is 3.53. The van der Waals surface area contributed by atoms with Gasteiger partial charge in [-0.25, -0.2) is 0 Å². The van der Waals surface area contributed by atoms with Gasteiger partial charge in [0, 0.05) is 19.7 Å². The Morgan fingerprint density at radius 3 is 2.80 bits per heavy atom. The van der Waals surface area contributed by atoms with E-state index in [0.717, 1.165) is 10.9 Å². The van der Waals surface area contributed by atoms with Gasteiger partial charge in [0.2, 0.25) is 0 Å². The minimum Gasteiger partial charge on any atom is -0.380 e. The summed E-state index contributed by atoms with van der Waals surface area (Å²) < 4.78 is 6.66. The first-order valence-electron chi connectivity index (χ1n) is 4.80. The van der Waals surface area contributed by atoms with Crippen LogP contribution in [0, 0.1) is 0 Å². The van der Waals surface area contributed by atoms with Crippen LogP contribution in [0.5, 0.6) is 0 Å². The van der Waals surface area contributed by atoms with Crippen LogP contribution in [0.15, 0.2) is 35.1 Å². The lowest BCUT2D eigenvalue weighted by Crippen LogP contribution is -2.21. The Hall–Kier alpha value is -1.61. The van der Waals surface area contributed by atoms with E-state index in [-0.39, 0.29) is 5.56 Å². The van der Waals surface area contributed by atoms with Crippen molar-refractivity contribution in [2.24, 2.45) is 7.05 Å². The van der Waals surface area contributed by atoms with Gasteiger partial charge in [0.15, 0.2) is 0 Å². The third-order valence-corrected chi connectivity index (χ3v) is 2.51. The maximum Gasteiger partial charge on any atom is 0.256 e. The molecule has 0 atom stereocenters. The van der Waals surface area contributed by atoms with Crippen LogP contribution in [0.25, 0.3) is 10.9 Å². The molecule has 15 heavy (non-hydrogen) atoms. The molecule has 78 valence electrons. The van der Waals surface area contributed by atoms with Crippen molar-refractivity contribution in [3.8, 4) is 0 Å². The normalized spacial score (nSPS) is 10.8. The van der Waals surface area contributed by atoms with Gasteiger partial charge in [0.25, 0.3) is 5.56 Å². The van der Waals surface area contributed by atoms with Crippen LogP contribution >= 0.6 is 0 Å². The molecule has 0 N–H and O–H groups in total. The first-order valence-corrected chi connectivity index (χ1v) is 4.80. The summed E-state index contributed by atoms with van der Waals surface area (Å²) in [6, 6.07) is 9.71. The maximum atomic E-state index is 11.9. The molecular formula is C12H13NO2. The van der Waals surface area contributed by atoms with Gasteiger partial charge in [-0.3, -0.25) is 4.79 Å². The molecule has 0 saturated heterocycles. The topological polar surface area (TPSA) is 31.2 Å². The number of rotatable bonds is 2. The van der Waals surface area contributed by atoms with E-state index < -0.39 is 0 Å². The van der Waals surface area contributed by atoms with E-state index >= 15 is 0 Å². The predicted molar refractivity (Wildman–Crippen MR) is 59.9 cm³/mol. The lowest BCUT2D eigenvalue weighted by molar-refractivity contribution is 0.183. The van der Waals surface area contributed by atoms with Gasteiger partial charge in [-0.05, 0) is 17.5 Å². The van der Waals surface area contributed by atoms with E-state index in [1.54, 1.807) is 18.7 Å². The van der Waals surface area contributed by atoms with Crippen LogP contribution in [0.2, 0.25) is 0 Å². The second kappa shape index (κ2) is 3.87. The third kappa shape index (κ3) is 1.66. The summed E-state index contributed by atoms with van der Waals surface area (Å²) in [5.74, 6) is 0. The van der Waals surface area contributed by atoms with E-state index in [9.17, 15) is 4.79 Å². The molecule has 0 aliphatic heterocycles. The SMILES string of the molecule is COCc1cc2ccccc2n(C)c1=O. The predicted octanol–water partition coefficient (Wildman–Crippen LogP) is 1.68. The summed E-state index contributed by atoms with van der Waals surface area (Å²) in [5.41, 5.74) is 1.65. The lowest BCUT2D eigenvalue weighted by atomic mass is 10.1. The average Bonchev–Trinajstić information content (AvgIpc) is 2.26. The fourth-order valence-electron chi connectivity index (χ4n) is 1.75. The molecule has 0 spiro atoms. The third-order valence-electron chi connectivity index (χ3n) is 2.51. The van der Waals surface area contributed by atoms with Gasteiger partial charge in [-0.1, -0.05) is 18.2 Å². The molecule has 0 fully saturated rings. The Morgan fingerprint density at radius 1 is 1.33 bits per heavy atom. The number of pyridine rings is 1. The van der Waals surface area contributed by atoms with Crippen LogP contribution < -0.4 is 5.56 Å². The van der Waals surface area contributed by atoms with E-state index in [0.29, 0.717) is 12.2 Å². The van der Waals surface area contributed by atoms with Gasteiger partial charge >= 0.3 is 0 Å². The van der Waals surface area contributed by atoms with Crippen LogP contribution in [-0.2, 0) is 18.4 Å². The summed E-state index contributed by atoms with van der Waals surface area (Å²) >= 11 is 0. The molecule has 0 radical (unpaired) electrons. The van der Waals surface area contributed by atoms with Crippen LogP contribution in [0.4, 0.5) is 0 Å². The number of aryl methyl sites for hydroxylation is 1. The average molecular weight is 203 g/mol. The van der Waals surface area contributed by atoms with E-state index in [2.05, 4.69) is 0 Å². The maximum absolute atomic E-state index is 11.9. The minimum atomic E-state index is 0.00977. The highest BCUT2D eigenvalue weighted by Gasteiger charge is 2.05. The number of benzene rings is 1. The van der Waals surface area contributed by atoms with Crippen molar-refractivity contribution < 1.29 is 4.74 Å². The molecular weight excluding hydrogens is 190 g/mol. The molecule has 0 amide bonds. The minimum absolute atomic E-state index is 0.00977. The molecule has 0 unspecified atom stereocenters. The van der Waals surface area contributed by atoms with Crippen LogP contribution in [0.3, 0.4) is 0 Å². The monoisotopic (exact) mass is 203 g/mol. The molecule has 1 heterocycles. The van der Waals surface area contributed by atoms with Crippen molar-refractivity contribution in [2.45, 2.75) is 6.61 Å². The number of ether oxygens (including phenoxy) is 1. The molecule has 0 saturated carbocycles. The van der Waals surface area contributed by atoms with E-state index in [1.807, 2.05) is 30.3 Å². The summed E-state index contributed by atoms with van der Waals surface area (Å²) in [6.07, 6.45) is 0. The second-order valence-electron chi connectivity index (χ2n) is 3.53. The molecule has 0 aliphatic rings. The fourth-order valence-corrected chi connectivity index (χ4v) is 1.75. The summed E-state index contributed by atoms with van der Waals surface area (Å²) in [7, 11) is 3.37. The van der Waals surface area contributed by atoms with Gasteiger partial charge in [-0.2, -0.15) is 0 Å². The standard InChI is InChI=1S/C12H13NO2/c1-13-11-6-4-3-5-9(11)7-10(8-15-2)12(13)14/h3-7H,8H2,1-2H3. The number of aromatic nitrogens is 1. The highest BCUT2D eigenvalue weighted by atomic mass is 16.5. The summed E-state index contributed by atoms with van der Waals surface area (Å²) in [4.78, 5) is 11.9. The smallest absolute Gasteiger partial charge is 0.256 e. The zero-order valence-electron chi connectivity index (χ0n) is 8.86. The lowest BCUT2D eigenvalue weighted by Gasteiger charge is -2.07. The van der Waals surface area contributed by atoms with Gasteiger partial charge < -0.3 is 9.30 Å². The Morgan fingerprint density at radius 2 is 2.07 bits per heavy atom. The summed E-state index contributed by atoms with van der Waals surface area (Å²) in [5, 5.41) is 1.06. The van der Waals surface area contributed by atoms with Crippen LogP contribution in [-0.4, -0.2) is 11.7 Å². The Bertz CT molecular complexity index is 543. The highest BCUT2D eigenvalue weighted by molar-refractivity contribution is 5.79. The molecule has 3 heteroatoms. The number of hydrogen-bond donors (Lipinski definition) is 0. The highest BCUT2D eigenvalue weighted by Crippen LogP contribution is 2.12. The Labute approximate surface area is 87.9 Å². The molecule has 0 bridgehead atoms. The number of nitrogens with zero attached hydrogens (tertiary/aromatic N) is 1. The van der Waals surface area contributed by atoms with Gasteiger partial charge in [0.05, 0.1) is 12.1 Å². The molecule has 1 aromatic heterocycles. The van der Waals surface area contributed by atoms with Crippen molar-refractivity contribution >= 4 is 10.9 Å². The van der Waals surface area contributed by atoms with Gasteiger partial charge in [0.1, 0.15) is 0 Å². The van der Waals surface area contributed by atoms with Crippen molar-refractivity contribution in [2.75, 3.05) is 7.11 Å². The number of hydrogen-bond acceptors (Lipinski definition) is 2. The van der Waals surface area contributed by atoms with Gasteiger partial charge in [-0.15, -0.1) is 0 Å². The van der Waals surface area contributed by atoms with Crippen molar-refractivity contribution in [1.82, 2.24) is 4.57 Å². The largest absolute Gasteiger partial charge is 0.380 e. The molecule has 2 rings (SSSR count). The Balaban J connectivity index is 2.77. The van der Waals surface area contributed by atoms with Crippen molar-refractivity contribution in [3.63, 3.8) is 0 Å². The van der Waals surface area contributed by atoms with Crippen LogP contribution in [0.1, 0.15) is 5.56 Å². The Kier molecular flexibility index (Phi) is 2.56. The zero-order chi connectivity index (χ0) is 10.8. The summed E-state index contributed by atoms with van der Waals surface area (Å²) in [6.45, 7) is 0.359. The number of methoxy groups -OCH3 is 1. The van der Waals surface area contributed by atoms with Crippen molar-refractivity contribution in [3.05, 3.63) is 46.2 Å². The van der Waals surface area contributed by atoms with Crippen molar-refractivity contribution in [1.29, 1.82) is 0 Å². The quantitative estimate of drug-likeness (QED) is 0.743. The number of para-hydroxylation sites is 1. The molecule has 3 nitrogen and oxygen atoms in total.